The van der Waals surface area contributed by atoms with Crippen molar-refractivity contribution in [2.24, 2.45) is 5.92 Å². The van der Waals surface area contributed by atoms with Crippen LogP contribution in [0.25, 0.3) is 0 Å². The predicted octanol–water partition coefficient (Wildman–Crippen LogP) is 1.15. The molecule has 0 bridgehead atoms. The van der Waals surface area contributed by atoms with Crippen molar-refractivity contribution in [1.82, 2.24) is 0 Å². The number of rotatable bonds is 4. The van der Waals surface area contributed by atoms with Crippen molar-refractivity contribution >= 4 is 6.16 Å². The fourth-order valence-electron chi connectivity index (χ4n) is 0.619. The summed E-state index contributed by atoms with van der Waals surface area (Å²) in [5, 5.41) is 0. The van der Waals surface area contributed by atoms with E-state index in [1.165, 1.54) is 7.11 Å². The molecule has 0 saturated heterocycles. The second kappa shape index (κ2) is 4.18. The Labute approximate surface area is 65.4 Å². The molecule has 0 unspecified atom stereocenters. The lowest BCUT2D eigenvalue weighted by atomic mass is 10.5. The van der Waals surface area contributed by atoms with Crippen LogP contribution >= 0.6 is 0 Å². The van der Waals surface area contributed by atoms with E-state index < -0.39 is 6.16 Å². The van der Waals surface area contributed by atoms with E-state index >= 15 is 0 Å². The van der Waals surface area contributed by atoms with Crippen LogP contribution in [0.15, 0.2) is 0 Å². The monoisotopic (exact) mass is 160 g/mol. The van der Waals surface area contributed by atoms with Gasteiger partial charge in [-0.3, -0.25) is 0 Å². The third kappa shape index (κ3) is 3.83. The first-order valence-corrected chi connectivity index (χ1v) is 3.61. The molecule has 0 amide bonds. The third-order valence-electron chi connectivity index (χ3n) is 1.43. The summed E-state index contributed by atoms with van der Waals surface area (Å²) >= 11 is 0. The summed E-state index contributed by atoms with van der Waals surface area (Å²) in [5.41, 5.74) is 0. The molecule has 64 valence electrons. The molecule has 0 heterocycles. The van der Waals surface area contributed by atoms with E-state index in [1.54, 1.807) is 0 Å². The second-order valence-electron chi connectivity index (χ2n) is 2.56. The van der Waals surface area contributed by atoms with Gasteiger partial charge in [-0.05, 0) is 18.8 Å². The smallest absolute Gasteiger partial charge is 0.434 e. The molecule has 0 N–H and O–H groups in total. The fourth-order valence-corrected chi connectivity index (χ4v) is 0.619. The molecule has 0 aromatic carbocycles. The van der Waals surface area contributed by atoms with Crippen molar-refractivity contribution < 1.29 is 19.0 Å². The molecule has 1 aliphatic rings. The highest BCUT2D eigenvalue weighted by molar-refractivity contribution is 5.59. The quantitative estimate of drug-likeness (QED) is 0.457. The van der Waals surface area contributed by atoms with Gasteiger partial charge in [0.1, 0.15) is 0 Å². The molecule has 1 fully saturated rings. The van der Waals surface area contributed by atoms with Crippen molar-refractivity contribution in [3.05, 3.63) is 0 Å². The van der Waals surface area contributed by atoms with Crippen LogP contribution in [0.2, 0.25) is 0 Å². The summed E-state index contributed by atoms with van der Waals surface area (Å²) in [6.45, 7) is 0.450. The predicted molar refractivity (Wildman–Crippen MR) is 37.0 cm³/mol. The van der Waals surface area contributed by atoms with Crippen molar-refractivity contribution in [2.75, 3.05) is 20.5 Å². The lowest BCUT2D eigenvalue weighted by molar-refractivity contribution is -0.0272. The van der Waals surface area contributed by atoms with E-state index in [0.29, 0.717) is 12.5 Å². The maximum absolute atomic E-state index is 10.6. The molecule has 0 aromatic heterocycles. The molecule has 11 heavy (non-hydrogen) atoms. The topological polar surface area (TPSA) is 44.8 Å². The van der Waals surface area contributed by atoms with Gasteiger partial charge in [0.2, 0.25) is 0 Å². The van der Waals surface area contributed by atoms with E-state index in [9.17, 15) is 4.79 Å². The molecule has 0 atom stereocenters. The zero-order valence-corrected chi connectivity index (χ0v) is 6.54. The van der Waals surface area contributed by atoms with Gasteiger partial charge in [-0.1, -0.05) is 0 Å². The van der Waals surface area contributed by atoms with Gasteiger partial charge >= 0.3 is 6.16 Å². The van der Waals surface area contributed by atoms with Crippen LogP contribution in [0, 0.1) is 5.92 Å². The van der Waals surface area contributed by atoms with E-state index in [2.05, 4.69) is 9.47 Å². The van der Waals surface area contributed by atoms with Crippen LogP contribution in [-0.2, 0) is 14.2 Å². The van der Waals surface area contributed by atoms with E-state index in [4.69, 9.17) is 4.74 Å². The molecular weight excluding hydrogens is 148 g/mol. The van der Waals surface area contributed by atoms with Gasteiger partial charge in [-0.25, -0.2) is 4.79 Å². The molecule has 0 aliphatic heterocycles. The molecule has 1 aliphatic carbocycles. The average molecular weight is 160 g/mol. The van der Waals surface area contributed by atoms with Crippen molar-refractivity contribution in [3.8, 4) is 0 Å². The van der Waals surface area contributed by atoms with Crippen LogP contribution in [0.4, 0.5) is 4.79 Å². The summed E-state index contributed by atoms with van der Waals surface area (Å²) in [5.74, 6) is 0.574. The Morgan fingerprint density at radius 2 is 2.18 bits per heavy atom. The standard InChI is InChI=1S/C7H12O4/c1-9-5-11-7(8)10-4-6-2-3-6/h6H,2-5H2,1H3. The zero-order valence-electron chi connectivity index (χ0n) is 6.54. The van der Waals surface area contributed by atoms with E-state index in [1.807, 2.05) is 0 Å². The Balaban J connectivity index is 1.91. The van der Waals surface area contributed by atoms with Gasteiger partial charge in [0, 0.05) is 7.11 Å². The lowest BCUT2D eigenvalue weighted by Gasteiger charge is -2.03. The summed E-state index contributed by atoms with van der Waals surface area (Å²) in [7, 11) is 1.45. The van der Waals surface area contributed by atoms with Crippen LogP contribution in [0.1, 0.15) is 12.8 Å². The minimum absolute atomic E-state index is 0.0382. The zero-order chi connectivity index (χ0) is 8.10. The van der Waals surface area contributed by atoms with Gasteiger partial charge in [0.25, 0.3) is 0 Å². The molecule has 0 aromatic rings. The normalized spacial score (nSPS) is 16.1. The summed E-state index contributed by atoms with van der Waals surface area (Å²) in [6, 6.07) is 0. The molecular formula is C7H12O4. The SMILES string of the molecule is COCOC(=O)OCC1CC1. The summed E-state index contributed by atoms with van der Waals surface area (Å²) in [4.78, 5) is 10.6. The van der Waals surface area contributed by atoms with Gasteiger partial charge < -0.3 is 14.2 Å². The molecule has 1 saturated carbocycles. The Morgan fingerprint density at radius 1 is 1.45 bits per heavy atom. The molecule has 1 rings (SSSR count). The van der Waals surface area contributed by atoms with Gasteiger partial charge in [-0.2, -0.15) is 0 Å². The number of ether oxygens (including phenoxy) is 3. The first kappa shape index (κ1) is 8.33. The average Bonchev–Trinajstić information content (AvgIpc) is 2.80. The largest absolute Gasteiger partial charge is 0.510 e. The highest BCUT2D eigenvalue weighted by Gasteiger charge is 2.23. The minimum atomic E-state index is -0.640. The van der Waals surface area contributed by atoms with Crippen LogP contribution < -0.4 is 0 Å². The Hall–Kier alpha value is -0.770. The Kier molecular flexibility index (Phi) is 3.16. The highest BCUT2D eigenvalue weighted by Crippen LogP contribution is 2.28. The van der Waals surface area contributed by atoms with Crippen LogP contribution in [-0.4, -0.2) is 26.7 Å². The maximum atomic E-state index is 10.6. The molecule has 0 spiro atoms. The van der Waals surface area contributed by atoms with E-state index in [0.717, 1.165) is 12.8 Å². The molecule has 4 nitrogen and oxygen atoms in total. The maximum Gasteiger partial charge on any atom is 0.510 e. The van der Waals surface area contributed by atoms with Crippen molar-refractivity contribution in [3.63, 3.8) is 0 Å². The third-order valence-corrected chi connectivity index (χ3v) is 1.43. The Morgan fingerprint density at radius 3 is 2.73 bits per heavy atom. The second-order valence-corrected chi connectivity index (χ2v) is 2.56. The first-order chi connectivity index (χ1) is 5.33. The van der Waals surface area contributed by atoms with Crippen LogP contribution in [0.3, 0.4) is 0 Å². The number of carbonyl (C=O) groups is 1. The minimum Gasteiger partial charge on any atom is -0.434 e. The summed E-state index contributed by atoms with van der Waals surface area (Å²) in [6.07, 6.45) is 1.69. The number of hydrogen-bond donors (Lipinski definition) is 0. The molecule has 4 heteroatoms. The number of carbonyl (C=O) groups excluding carboxylic acids is 1. The van der Waals surface area contributed by atoms with Crippen molar-refractivity contribution in [1.29, 1.82) is 0 Å². The van der Waals surface area contributed by atoms with Gasteiger partial charge in [0.15, 0.2) is 6.79 Å². The van der Waals surface area contributed by atoms with Gasteiger partial charge in [0.05, 0.1) is 6.61 Å². The number of methoxy groups -OCH3 is 1. The Bertz CT molecular complexity index is 130. The lowest BCUT2D eigenvalue weighted by Crippen LogP contribution is -2.10. The number of hydrogen-bond acceptors (Lipinski definition) is 4. The molecule has 0 radical (unpaired) electrons. The summed E-state index contributed by atoms with van der Waals surface area (Å²) < 4.78 is 13.7. The first-order valence-electron chi connectivity index (χ1n) is 3.61. The van der Waals surface area contributed by atoms with Gasteiger partial charge in [-0.15, -0.1) is 0 Å². The van der Waals surface area contributed by atoms with Crippen molar-refractivity contribution in [2.45, 2.75) is 12.8 Å². The fraction of sp³-hybridized carbons (Fsp3) is 0.857. The van der Waals surface area contributed by atoms with E-state index in [-0.39, 0.29) is 6.79 Å². The van der Waals surface area contributed by atoms with Crippen LogP contribution in [0.5, 0.6) is 0 Å². The highest BCUT2D eigenvalue weighted by atomic mass is 16.8.